The van der Waals surface area contributed by atoms with Crippen LogP contribution in [0, 0.1) is 11.6 Å². The molecular formula is C10H7ClF2N2S. The molecule has 2 nitrogen and oxygen atoms in total. The maximum absolute atomic E-state index is 13.0. The summed E-state index contributed by atoms with van der Waals surface area (Å²) in [5.74, 6) is -1.27. The highest BCUT2D eigenvalue weighted by Crippen LogP contribution is 2.29. The van der Waals surface area contributed by atoms with E-state index in [1.807, 2.05) is 0 Å². The summed E-state index contributed by atoms with van der Waals surface area (Å²) in [5.41, 5.74) is 0.374. The molecule has 1 atom stereocenters. The maximum Gasteiger partial charge on any atom is 0.148 e. The van der Waals surface area contributed by atoms with Crippen LogP contribution >= 0.6 is 22.9 Å². The number of hydrogen-bond donors (Lipinski definition) is 0. The SMILES string of the molecule is CC(Cl)c1nnc(-c2cc(F)cc(F)c2)s1. The zero-order valence-corrected chi connectivity index (χ0v) is 9.82. The summed E-state index contributed by atoms with van der Waals surface area (Å²) in [6.45, 7) is 1.76. The zero-order chi connectivity index (χ0) is 11.7. The van der Waals surface area contributed by atoms with Gasteiger partial charge in [-0.05, 0) is 19.1 Å². The fourth-order valence-electron chi connectivity index (χ4n) is 1.19. The third kappa shape index (κ3) is 2.36. The highest BCUT2D eigenvalue weighted by atomic mass is 35.5. The number of alkyl halides is 1. The Balaban J connectivity index is 2.42. The van der Waals surface area contributed by atoms with Crippen LogP contribution in [0.1, 0.15) is 17.3 Å². The van der Waals surface area contributed by atoms with Crippen molar-refractivity contribution in [2.75, 3.05) is 0 Å². The summed E-state index contributed by atoms with van der Waals surface area (Å²) in [7, 11) is 0. The molecule has 0 saturated heterocycles. The number of rotatable bonds is 2. The van der Waals surface area contributed by atoms with E-state index in [0.717, 1.165) is 6.07 Å². The lowest BCUT2D eigenvalue weighted by molar-refractivity contribution is 0.584. The lowest BCUT2D eigenvalue weighted by atomic mass is 10.2. The summed E-state index contributed by atoms with van der Waals surface area (Å²) < 4.78 is 25.9. The van der Waals surface area contributed by atoms with E-state index < -0.39 is 11.6 Å². The second kappa shape index (κ2) is 4.43. The van der Waals surface area contributed by atoms with E-state index >= 15 is 0 Å². The Labute approximate surface area is 99.9 Å². The van der Waals surface area contributed by atoms with Crippen LogP contribution in [0.3, 0.4) is 0 Å². The van der Waals surface area contributed by atoms with E-state index in [1.165, 1.54) is 23.5 Å². The van der Waals surface area contributed by atoms with Crippen molar-refractivity contribution in [1.82, 2.24) is 10.2 Å². The van der Waals surface area contributed by atoms with Crippen molar-refractivity contribution >= 4 is 22.9 Å². The minimum atomic E-state index is -0.634. The summed E-state index contributed by atoms with van der Waals surface area (Å²) in [6.07, 6.45) is 0. The smallest absolute Gasteiger partial charge is 0.148 e. The maximum atomic E-state index is 13.0. The van der Waals surface area contributed by atoms with Crippen molar-refractivity contribution < 1.29 is 8.78 Å². The molecule has 1 heterocycles. The molecule has 0 aliphatic rings. The van der Waals surface area contributed by atoms with Crippen LogP contribution < -0.4 is 0 Å². The van der Waals surface area contributed by atoms with E-state index in [-0.39, 0.29) is 5.38 Å². The average Bonchev–Trinajstić information content (AvgIpc) is 2.64. The van der Waals surface area contributed by atoms with Gasteiger partial charge in [0.05, 0.1) is 5.38 Å². The molecular weight excluding hydrogens is 254 g/mol. The van der Waals surface area contributed by atoms with Gasteiger partial charge in [0, 0.05) is 11.6 Å². The molecule has 0 aliphatic heterocycles. The van der Waals surface area contributed by atoms with Gasteiger partial charge in [0.1, 0.15) is 21.6 Å². The van der Waals surface area contributed by atoms with Gasteiger partial charge in [0.15, 0.2) is 0 Å². The minimum Gasteiger partial charge on any atom is -0.207 e. The quantitative estimate of drug-likeness (QED) is 0.768. The van der Waals surface area contributed by atoms with Gasteiger partial charge < -0.3 is 0 Å². The molecule has 6 heteroatoms. The van der Waals surface area contributed by atoms with Gasteiger partial charge in [0.25, 0.3) is 0 Å². The Morgan fingerprint density at radius 3 is 2.31 bits per heavy atom. The first-order valence-electron chi connectivity index (χ1n) is 4.50. The topological polar surface area (TPSA) is 25.8 Å². The monoisotopic (exact) mass is 260 g/mol. The highest BCUT2D eigenvalue weighted by Gasteiger charge is 2.12. The van der Waals surface area contributed by atoms with Gasteiger partial charge in [-0.15, -0.1) is 21.8 Å². The van der Waals surface area contributed by atoms with Crippen LogP contribution in [0.2, 0.25) is 0 Å². The van der Waals surface area contributed by atoms with Crippen LogP contribution in [0.4, 0.5) is 8.78 Å². The van der Waals surface area contributed by atoms with Crippen LogP contribution in [-0.2, 0) is 0 Å². The second-order valence-electron chi connectivity index (χ2n) is 3.22. The van der Waals surface area contributed by atoms with Crippen LogP contribution in [0.15, 0.2) is 18.2 Å². The lowest BCUT2D eigenvalue weighted by Crippen LogP contribution is -1.83. The summed E-state index contributed by atoms with van der Waals surface area (Å²) in [5, 5.41) is 8.51. The summed E-state index contributed by atoms with van der Waals surface area (Å²) in [6, 6.07) is 3.24. The Hall–Kier alpha value is -1.07. The van der Waals surface area contributed by atoms with Crippen molar-refractivity contribution in [3.63, 3.8) is 0 Å². The average molecular weight is 261 g/mol. The van der Waals surface area contributed by atoms with Gasteiger partial charge in [-0.2, -0.15) is 0 Å². The molecule has 1 aromatic carbocycles. The highest BCUT2D eigenvalue weighted by molar-refractivity contribution is 7.15. The molecule has 0 fully saturated rings. The molecule has 0 aliphatic carbocycles. The van der Waals surface area contributed by atoms with E-state index in [1.54, 1.807) is 6.92 Å². The van der Waals surface area contributed by atoms with Gasteiger partial charge in [-0.1, -0.05) is 11.3 Å². The predicted molar refractivity (Wildman–Crippen MR) is 59.5 cm³/mol. The second-order valence-corrected chi connectivity index (χ2v) is 4.88. The molecule has 2 aromatic rings. The van der Waals surface area contributed by atoms with Crippen LogP contribution in [0.25, 0.3) is 10.6 Å². The first-order valence-corrected chi connectivity index (χ1v) is 5.75. The fraction of sp³-hybridized carbons (Fsp3) is 0.200. The van der Waals surface area contributed by atoms with Gasteiger partial charge in [-0.25, -0.2) is 8.78 Å². The van der Waals surface area contributed by atoms with E-state index in [9.17, 15) is 8.78 Å². The summed E-state index contributed by atoms with van der Waals surface area (Å²) >= 11 is 7.05. The minimum absolute atomic E-state index is 0.260. The van der Waals surface area contributed by atoms with E-state index in [2.05, 4.69) is 10.2 Å². The van der Waals surface area contributed by atoms with Crippen molar-refractivity contribution in [3.05, 3.63) is 34.8 Å². The van der Waals surface area contributed by atoms with E-state index in [4.69, 9.17) is 11.6 Å². The first-order chi connectivity index (χ1) is 7.56. The Morgan fingerprint density at radius 2 is 1.81 bits per heavy atom. The third-order valence-electron chi connectivity index (χ3n) is 1.89. The van der Waals surface area contributed by atoms with Crippen molar-refractivity contribution in [2.45, 2.75) is 12.3 Å². The molecule has 1 aromatic heterocycles. The lowest BCUT2D eigenvalue weighted by Gasteiger charge is -1.96. The van der Waals surface area contributed by atoms with Gasteiger partial charge >= 0.3 is 0 Å². The van der Waals surface area contributed by atoms with Crippen LogP contribution in [0.5, 0.6) is 0 Å². The predicted octanol–water partition coefficient (Wildman–Crippen LogP) is 3.78. The molecule has 0 spiro atoms. The van der Waals surface area contributed by atoms with Gasteiger partial charge in [-0.3, -0.25) is 0 Å². The number of nitrogens with zero attached hydrogens (tertiary/aromatic N) is 2. The van der Waals surface area contributed by atoms with Crippen molar-refractivity contribution in [3.8, 4) is 10.6 Å². The zero-order valence-electron chi connectivity index (χ0n) is 8.25. The van der Waals surface area contributed by atoms with Gasteiger partial charge in [0.2, 0.25) is 0 Å². The third-order valence-corrected chi connectivity index (χ3v) is 3.38. The normalized spacial score (nSPS) is 12.8. The van der Waals surface area contributed by atoms with Crippen molar-refractivity contribution in [2.24, 2.45) is 0 Å². The van der Waals surface area contributed by atoms with Crippen LogP contribution in [-0.4, -0.2) is 10.2 Å². The molecule has 0 amide bonds. The molecule has 0 N–H and O–H groups in total. The largest absolute Gasteiger partial charge is 0.207 e. The molecule has 2 rings (SSSR count). The fourth-order valence-corrected chi connectivity index (χ4v) is 2.13. The molecule has 16 heavy (non-hydrogen) atoms. The molecule has 84 valence electrons. The molecule has 0 bridgehead atoms. The molecule has 1 unspecified atom stereocenters. The number of aromatic nitrogens is 2. The number of hydrogen-bond acceptors (Lipinski definition) is 3. The Bertz CT molecular complexity index is 493. The Morgan fingerprint density at radius 1 is 1.19 bits per heavy atom. The van der Waals surface area contributed by atoms with Crippen molar-refractivity contribution in [1.29, 1.82) is 0 Å². The molecule has 0 radical (unpaired) electrons. The standard InChI is InChI=1S/C10H7ClF2N2S/c1-5(11)9-14-15-10(16-9)6-2-7(12)4-8(13)3-6/h2-5H,1H3. The molecule has 0 saturated carbocycles. The number of halogens is 3. The number of benzene rings is 1. The Kier molecular flexibility index (Phi) is 3.16. The first kappa shape index (κ1) is 11.4. The summed E-state index contributed by atoms with van der Waals surface area (Å²) in [4.78, 5) is 0. The van der Waals surface area contributed by atoms with E-state index in [0.29, 0.717) is 15.6 Å².